The van der Waals surface area contributed by atoms with E-state index in [1.54, 1.807) is 6.92 Å². The van der Waals surface area contributed by atoms with Gasteiger partial charge in [0.25, 0.3) is 0 Å². The Hall–Kier alpha value is -1.11. The first-order valence-corrected chi connectivity index (χ1v) is 9.40. The van der Waals surface area contributed by atoms with Crippen LogP contribution in [0.5, 0.6) is 0 Å². The van der Waals surface area contributed by atoms with Crippen molar-refractivity contribution in [2.24, 2.45) is 11.8 Å². The maximum absolute atomic E-state index is 12.6. The van der Waals surface area contributed by atoms with Crippen molar-refractivity contribution in [3.8, 4) is 0 Å². The molecule has 2 unspecified atom stereocenters. The van der Waals surface area contributed by atoms with Gasteiger partial charge in [0.05, 0.1) is 5.75 Å². The molecule has 0 radical (unpaired) electrons. The van der Waals surface area contributed by atoms with Crippen LogP contribution in [-0.4, -0.2) is 55.3 Å². The first-order valence-electron chi connectivity index (χ1n) is 7.58. The Morgan fingerprint density at radius 2 is 1.90 bits per heavy atom. The van der Waals surface area contributed by atoms with E-state index in [-0.39, 0.29) is 41.7 Å². The molecule has 6 nitrogen and oxygen atoms in total. The van der Waals surface area contributed by atoms with E-state index in [9.17, 15) is 18.0 Å². The highest BCUT2D eigenvalue weighted by molar-refractivity contribution is 7.91. The molecule has 1 aliphatic carbocycles. The molecule has 120 valence electrons. The zero-order valence-corrected chi connectivity index (χ0v) is 13.6. The topological polar surface area (TPSA) is 83.6 Å². The first kappa shape index (κ1) is 16.3. The molecule has 0 bridgehead atoms. The number of amides is 2. The fraction of sp³-hybridized carbons (Fsp3) is 0.857. The maximum Gasteiger partial charge on any atom is 0.246 e. The SMILES string of the molecule is CCS(=O)(=O)CCN1C(=O)C(C(C)C)NC(=O)C1C1CC1. The third kappa shape index (κ3) is 3.56. The number of carbonyl (C=O) groups is 2. The van der Waals surface area contributed by atoms with Gasteiger partial charge in [-0.25, -0.2) is 8.42 Å². The van der Waals surface area contributed by atoms with Gasteiger partial charge in [0, 0.05) is 12.3 Å². The average Bonchev–Trinajstić information content (AvgIpc) is 3.23. The van der Waals surface area contributed by atoms with Crippen LogP contribution >= 0.6 is 0 Å². The van der Waals surface area contributed by atoms with E-state index in [1.165, 1.54) is 4.90 Å². The lowest BCUT2D eigenvalue weighted by Crippen LogP contribution is -2.65. The van der Waals surface area contributed by atoms with Crippen LogP contribution in [0.1, 0.15) is 33.6 Å². The average molecular weight is 316 g/mol. The van der Waals surface area contributed by atoms with Gasteiger partial charge in [-0.05, 0) is 24.7 Å². The number of nitrogens with zero attached hydrogens (tertiary/aromatic N) is 1. The maximum atomic E-state index is 12.6. The summed E-state index contributed by atoms with van der Waals surface area (Å²) in [5.41, 5.74) is 0. The summed E-state index contributed by atoms with van der Waals surface area (Å²) in [7, 11) is -3.15. The van der Waals surface area contributed by atoms with Gasteiger partial charge in [0.15, 0.2) is 9.84 Å². The molecule has 2 fully saturated rings. The molecule has 1 heterocycles. The van der Waals surface area contributed by atoms with Crippen molar-refractivity contribution in [3.63, 3.8) is 0 Å². The summed E-state index contributed by atoms with van der Waals surface area (Å²) in [4.78, 5) is 26.4. The minimum Gasteiger partial charge on any atom is -0.342 e. The van der Waals surface area contributed by atoms with E-state index < -0.39 is 21.9 Å². The van der Waals surface area contributed by atoms with Crippen molar-refractivity contribution in [2.75, 3.05) is 18.1 Å². The highest BCUT2D eigenvalue weighted by Gasteiger charge is 2.48. The van der Waals surface area contributed by atoms with Gasteiger partial charge in [-0.3, -0.25) is 9.59 Å². The molecule has 0 aromatic heterocycles. The van der Waals surface area contributed by atoms with Crippen LogP contribution in [0.4, 0.5) is 0 Å². The van der Waals surface area contributed by atoms with Crippen molar-refractivity contribution < 1.29 is 18.0 Å². The van der Waals surface area contributed by atoms with Crippen LogP contribution in [-0.2, 0) is 19.4 Å². The molecule has 0 aromatic rings. The Labute approximate surface area is 126 Å². The highest BCUT2D eigenvalue weighted by Crippen LogP contribution is 2.37. The molecule has 7 heteroatoms. The molecule has 1 saturated heterocycles. The number of nitrogens with one attached hydrogen (secondary N) is 1. The minimum absolute atomic E-state index is 0.00751. The van der Waals surface area contributed by atoms with E-state index >= 15 is 0 Å². The lowest BCUT2D eigenvalue weighted by molar-refractivity contribution is -0.151. The summed E-state index contributed by atoms with van der Waals surface area (Å²) >= 11 is 0. The van der Waals surface area contributed by atoms with Crippen LogP contribution in [0.15, 0.2) is 0 Å². The van der Waals surface area contributed by atoms with Crippen molar-refractivity contribution in [1.29, 1.82) is 0 Å². The first-order chi connectivity index (χ1) is 9.76. The number of sulfone groups is 1. The van der Waals surface area contributed by atoms with E-state index in [2.05, 4.69) is 5.32 Å². The number of hydrogen-bond acceptors (Lipinski definition) is 4. The van der Waals surface area contributed by atoms with Crippen molar-refractivity contribution in [3.05, 3.63) is 0 Å². The predicted octanol–water partition coefficient (Wildman–Crippen LogP) is 0.183. The normalized spacial score (nSPS) is 27.1. The zero-order chi connectivity index (χ0) is 15.8. The fourth-order valence-electron chi connectivity index (χ4n) is 2.72. The number of rotatable bonds is 6. The number of carbonyl (C=O) groups excluding carboxylic acids is 2. The minimum atomic E-state index is -3.15. The van der Waals surface area contributed by atoms with E-state index in [4.69, 9.17) is 0 Å². The summed E-state index contributed by atoms with van der Waals surface area (Å²) in [5.74, 6) is -0.116. The van der Waals surface area contributed by atoms with Crippen molar-refractivity contribution in [2.45, 2.75) is 45.7 Å². The van der Waals surface area contributed by atoms with Crippen molar-refractivity contribution >= 4 is 21.7 Å². The predicted molar refractivity (Wildman–Crippen MR) is 79.3 cm³/mol. The second-order valence-corrected chi connectivity index (χ2v) is 8.75. The van der Waals surface area contributed by atoms with Gasteiger partial charge in [-0.15, -0.1) is 0 Å². The fourth-order valence-corrected chi connectivity index (χ4v) is 3.48. The smallest absolute Gasteiger partial charge is 0.246 e. The lowest BCUT2D eigenvalue weighted by Gasteiger charge is -2.40. The van der Waals surface area contributed by atoms with Gasteiger partial charge in [-0.1, -0.05) is 20.8 Å². The standard InChI is InChI=1S/C14H24N2O4S/c1-4-21(19,20)8-7-16-12(10-5-6-10)13(17)15-11(9(2)3)14(16)18/h9-12H,4-8H2,1-3H3,(H,15,17). The Bertz CT molecular complexity index is 525. The molecular formula is C14H24N2O4S. The molecular weight excluding hydrogens is 292 g/mol. The molecule has 21 heavy (non-hydrogen) atoms. The third-order valence-corrected chi connectivity index (χ3v) is 5.95. The van der Waals surface area contributed by atoms with Crippen LogP contribution in [0.2, 0.25) is 0 Å². The number of hydrogen-bond donors (Lipinski definition) is 1. The van der Waals surface area contributed by atoms with Gasteiger partial charge >= 0.3 is 0 Å². The summed E-state index contributed by atoms with van der Waals surface area (Å²) in [5, 5.41) is 2.80. The lowest BCUT2D eigenvalue weighted by atomic mass is 9.96. The van der Waals surface area contributed by atoms with Crippen LogP contribution in [0.3, 0.4) is 0 Å². The zero-order valence-electron chi connectivity index (χ0n) is 12.8. The third-order valence-electron chi connectivity index (χ3n) is 4.27. The van der Waals surface area contributed by atoms with Crippen LogP contribution in [0, 0.1) is 11.8 Å². The van der Waals surface area contributed by atoms with Gasteiger partial charge in [0.2, 0.25) is 11.8 Å². The summed E-state index contributed by atoms with van der Waals surface area (Å²) in [6, 6.07) is -1.03. The Morgan fingerprint density at radius 1 is 1.29 bits per heavy atom. The van der Waals surface area contributed by atoms with Crippen molar-refractivity contribution in [1.82, 2.24) is 10.2 Å². The second-order valence-electron chi connectivity index (χ2n) is 6.28. The molecule has 0 spiro atoms. The molecule has 1 N–H and O–H groups in total. The second kappa shape index (κ2) is 5.94. The van der Waals surface area contributed by atoms with Crippen LogP contribution < -0.4 is 5.32 Å². The van der Waals surface area contributed by atoms with Gasteiger partial charge in [-0.2, -0.15) is 0 Å². The summed E-state index contributed by atoms with van der Waals surface area (Å²) in [6.45, 7) is 5.46. The Kier molecular flexibility index (Phi) is 4.60. The molecule has 2 rings (SSSR count). The van der Waals surface area contributed by atoms with E-state index in [1.807, 2.05) is 13.8 Å². The highest BCUT2D eigenvalue weighted by atomic mass is 32.2. The molecule has 2 atom stereocenters. The molecule has 1 saturated carbocycles. The Balaban J connectivity index is 2.18. The van der Waals surface area contributed by atoms with E-state index in [0.717, 1.165) is 12.8 Å². The van der Waals surface area contributed by atoms with Gasteiger partial charge < -0.3 is 10.2 Å². The largest absolute Gasteiger partial charge is 0.342 e. The van der Waals surface area contributed by atoms with E-state index in [0.29, 0.717) is 0 Å². The Morgan fingerprint density at radius 3 is 2.38 bits per heavy atom. The molecule has 2 aliphatic rings. The number of piperazine rings is 1. The molecule has 0 aromatic carbocycles. The summed E-state index contributed by atoms with van der Waals surface area (Å²) in [6.07, 6.45) is 1.85. The molecule has 1 aliphatic heterocycles. The quantitative estimate of drug-likeness (QED) is 0.758. The monoisotopic (exact) mass is 316 g/mol. The van der Waals surface area contributed by atoms with Crippen LogP contribution in [0.25, 0.3) is 0 Å². The van der Waals surface area contributed by atoms with Gasteiger partial charge in [0.1, 0.15) is 12.1 Å². The summed E-state index contributed by atoms with van der Waals surface area (Å²) < 4.78 is 23.4. The molecule has 2 amide bonds.